The summed E-state index contributed by atoms with van der Waals surface area (Å²) < 4.78 is 0. The number of para-hydroxylation sites is 1. The fourth-order valence-electron chi connectivity index (χ4n) is 2.07. The van der Waals surface area contributed by atoms with Gasteiger partial charge in [0.25, 0.3) is 0 Å². The molecule has 0 radical (unpaired) electrons. The third-order valence-electron chi connectivity index (χ3n) is 3.19. The van der Waals surface area contributed by atoms with Gasteiger partial charge in [-0.15, -0.1) is 0 Å². The molecule has 0 amide bonds. The van der Waals surface area contributed by atoms with Gasteiger partial charge in [-0.1, -0.05) is 25.1 Å². The molecule has 1 aromatic rings. The Morgan fingerprint density at radius 2 is 1.94 bits per heavy atom. The molecule has 0 saturated heterocycles. The summed E-state index contributed by atoms with van der Waals surface area (Å²) in [6.07, 6.45) is 2.11. The molecule has 84 valence electrons. The Balaban J connectivity index is 2.39. The Bertz CT molecular complexity index is 429. The van der Waals surface area contributed by atoms with Crippen molar-refractivity contribution >= 4 is 11.4 Å². The summed E-state index contributed by atoms with van der Waals surface area (Å²) in [5.74, 6) is 0.507. The summed E-state index contributed by atoms with van der Waals surface area (Å²) in [4.78, 5) is 4.71. The third kappa shape index (κ3) is 2.16. The van der Waals surface area contributed by atoms with Crippen LogP contribution in [0.1, 0.15) is 26.7 Å². The molecule has 1 aliphatic carbocycles. The van der Waals surface area contributed by atoms with Gasteiger partial charge in [0.2, 0.25) is 0 Å². The molecule has 0 aliphatic heterocycles. The lowest BCUT2D eigenvalue weighted by Gasteiger charge is -2.23. The van der Waals surface area contributed by atoms with E-state index in [2.05, 4.69) is 13.8 Å². The molecule has 2 N–H and O–H groups in total. The van der Waals surface area contributed by atoms with E-state index in [1.807, 2.05) is 30.3 Å². The predicted octanol–water partition coefficient (Wildman–Crippen LogP) is 3.42. The van der Waals surface area contributed by atoms with Crippen LogP contribution in [0.5, 0.6) is 0 Å². The highest BCUT2D eigenvalue weighted by atomic mass is 14.8. The molecule has 16 heavy (non-hydrogen) atoms. The Labute approximate surface area is 96.9 Å². The number of rotatable bonds is 1. The molecule has 0 heterocycles. The van der Waals surface area contributed by atoms with E-state index in [0.717, 1.165) is 29.9 Å². The summed E-state index contributed by atoms with van der Waals surface area (Å²) in [5, 5.41) is 0. The lowest BCUT2D eigenvalue weighted by molar-refractivity contribution is 0.652. The van der Waals surface area contributed by atoms with E-state index in [1.54, 1.807) is 0 Å². The zero-order valence-electron chi connectivity index (χ0n) is 9.90. The van der Waals surface area contributed by atoms with Crippen molar-refractivity contribution < 1.29 is 0 Å². The molecule has 0 aromatic heterocycles. The van der Waals surface area contributed by atoms with Gasteiger partial charge in [0.05, 0.1) is 5.69 Å². The first-order chi connectivity index (χ1) is 7.68. The molecule has 0 bridgehead atoms. The molecule has 1 atom stereocenters. The number of benzene rings is 1. The number of allylic oxidation sites excluding steroid dienone is 2. The monoisotopic (exact) mass is 214 g/mol. The van der Waals surface area contributed by atoms with E-state index in [1.165, 1.54) is 5.57 Å². The maximum atomic E-state index is 5.98. The minimum atomic E-state index is 0.507. The van der Waals surface area contributed by atoms with Gasteiger partial charge in [-0.25, -0.2) is 0 Å². The van der Waals surface area contributed by atoms with Crippen molar-refractivity contribution in [3.05, 3.63) is 41.6 Å². The van der Waals surface area contributed by atoms with Crippen LogP contribution in [0.3, 0.4) is 0 Å². The SMILES string of the molecule is CC1=C(N)CCC(C)C1=Nc1ccccc1. The molecule has 1 aromatic carbocycles. The lowest BCUT2D eigenvalue weighted by Crippen LogP contribution is -2.22. The molecule has 0 spiro atoms. The fourth-order valence-corrected chi connectivity index (χ4v) is 2.07. The second-order valence-electron chi connectivity index (χ2n) is 4.42. The molecule has 1 aliphatic rings. The van der Waals surface area contributed by atoms with Gasteiger partial charge in [-0.2, -0.15) is 0 Å². The minimum absolute atomic E-state index is 0.507. The van der Waals surface area contributed by atoms with Crippen LogP contribution in [0, 0.1) is 5.92 Å². The second kappa shape index (κ2) is 4.52. The Kier molecular flexibility index (Phi) is 3.09. The van der Waals surface area contributed by atoms with Crippen LogP contribution in [-0.2, 0) is 0 Å². The van der Waals surface area contributed by atoms with Crippen molar-refractivity contribution in [1.82, 2.24) is 0 Å². The van der Waals surface area contributed by atoms with Crippen molar-refractivity contribution in [2.24, 2.45) is 16.6 Å². The van der Waals surface area contributed by atoms with Crippen LogP contribution < -0.4 is 5.73 Å². The van der Waals surface area contributed by atoms with Crippen molar-refractivity contribution in [2.75, 3.05) is 0 Å². The molecule has 0 fully saturated rings. The van der Waals surface area contributed by atoms with Gasteiger partial charge in [0, 0.05) is 11.4 Å². The summed E-state index contributed by atoms with van der Waals surface area (Å²) in [6.45, 7) is 4.30. The van der Waals surface area contributed by atoms with E-state index in [4.69, 9.17) is 10.7 Å². The normalized spacial score (nSPS) is 23.9. The zero-order chi connectivity index (χ0) is 11.5. The summed E-state index contributed by atoms with van der Waals surface area (Å²) in [7, 11) is 0. The Morgan fingerprint density at radius 1 is 1.25 bits per heavy atom. The smallest absolute Gasteiger partial charge is 0.0633 e. The van der Waals surface area contributed by atoms with Gasteiger partial charge in [0.1, 0.15) is 0 Å². The van der Waals surface area contributed by atoms with Gasteiger partial charge < -0.3 is 5.73 Å². The summed E-state index contributed by atoms with van der Waals surface area (Å²) in [6, 6.07) is 10.1. The van der Waals surface area contributed by atoms with E-state index >= 15 is 0 Å². The van der Waals surface area contributed by atoms with Crippen LogP contribution in [0.15, 0.2) is 46.6 Å². The maximum Gasteiger partial charge on any atom is 0.0633 e. The predicted molar refractivity (Wildman–Crippen MR) is 68.8 cm³/mol. The first-order valence-corrected chi connectivity index (χ1v) is 5.77. The zero-order valence-corrected chi connectivity index (χ0v) is 9.90. The van der Waals surface area contributed by atoms with Crippen molar-refractivity contribution in [3.8, 4) is 0 Å². The van der Waals surface area contributed by atoms with Gasteiger partial charge in [-0.05, 0) is 43.4 Å². The van der Waals surface area contributed by atoms with Crippen LogP contribution in [0.25, 0.3) is 0 Å². The molecular formula is C14H18N2. The van der Waals surface area contributed by atoms with Crippen LogP contribution in [0.4, 0.5) is 5.69 Å². The lowest BCUT2D eigenvalue weighted by atomic mass is 9.87. The van der Waals surface area contributed by atoms with Crippen LogP contribution >= 0.6 is 0 Å². The van der Waals surface area contributed by atoms with Crippen molar-refractivity contribution in [2.45, 2.75) is 26.7 Å². The maximum absolute atomic E-state index is 5.98. The van der Waals surface area contributed by atoms with Crippen molar-refractivity contribution in [1.29, 1.82) is 0 Å². The fraction of sp³-hybridized carbons (Fsp3) is 0.357. The first-order valence-electron chi connectivity index (χ1n) is 5.77. The van der Waals surface area contributed by atoms with Crippen LogP contribution in [-0.4, -0.2) is 5.71 Å². The largest absolute Gasteiger partial charge is 0.402 e. The number of nitrogens with two attached hydrogens (primary N) is 1. The molecular weight excluding hydrogens is 196 g/mol. The summed E-state index contributed by atoms with van der Waals surface area (Å²) >= 11 is 0. The quantitative estimate of drug-likeness (QED) is 0.764. The minimum Gasteiger partial charge on any atom is -0.402 e. The highest BCUT2D eigenvalue weighted by molar-refractivity contribution is 6.03. The number of hydrogen-bond acceptors (Lipinski definition) is 2. The van der Waals surface area contributed by atoms with E-state index in [9.17, 15) is 0 Å². The van der Waals surface area contributed by atoms with Gasteiger partial charge in [-0.3, -0.25) is 4.99 Å². The standard InChI is InChI=1S/C14H18N2/c1-10-8-9-13(15)11(2)14(10)16-12-6-4-3-5-7-12/h3-7,10H,8-9,15H2,1-2H3. The number of hydrogen-bond donors (Lipinski definition) is 1. The molecule has 1 unspecified atom stereocenters. The average Bonchev–Trinajstić information content (AvgIpc) is 2.31. The van der Waals surface area contributed by atoms with E-state index in [0.29, 0.717) is 5.92 Å². The van der Waals surface area contributed by atoms with E-state index in [-0.39, 0.29) is 0 Å². The highest BCUT2D eigenvalue weighted by Crippen LogP contribution is 2.26. The van der Waals surface area contributed by atoms with E-state index < -0.39 is 0 Å². The first kappa shape index (κ1) is 10.9. The molecule has 2 heteroatoms. The Hall–Kier alpha value is -1.57. The highest BCUT2D eigenvalue weighted by Gasteiger charge is 2.20. The topological polar surface area (TPSA) is 38.4 Å². The molecule has 0 saturated carbocycles. The van der Waals surface area contributed by atoms with Crippen LogP contribution in [0.2, 0.25) is 0 Å². The number of aliphatic imine (C=N–C) groups is 1. The molecule has 2 nitrogen and oxygen atoms in total. The second-order valence-corrected chi connectivity index (χ2v) is 4.42. The van der Waals surface area contributed by atoms with Gasteiger partial charge in [0.15, 0.2) is 0 Å². The average molecular weight is 214 g/mol. The summed E-state index contributed by atoms with van der Waals surface area (Å²) in [5.41, 5.74) is 10.3. The van der Waals surface area contributed by atoms with Crippen molar-refractivity contribution in [3.63, 3.8) is 0 Å². The molecule has 2 rings (SSSR count). The number of nitrogens with zero attached hydrogens (tertiary/aromatic N) is 1. The van der Waals surface area contributed by atoms with Gasteiger partial charge >= 0.3 is 0 Å². The third-order valence-corrected chi connectivity index (χ3v) is 3.19. The Morgan fingerprint density at radius 3 is 2.62 bits per heavy atom.